The van der Waals surface area contributed by atoms with E-state index < -0.39 is 10.0 Å². The molecule has 28 heavy (non-hydrogen) atoms. The van der Waals surface area contributed by atoms with Crippen LogP contribution in [0.4, 0.5) is 5.69 Å². The number of hydrogen-bond donors (Lipinski definition) is 1. The van der Waals surface area contributed by atoms with Gasteiger partial charge in [0.2, 0.25) is 0 Å². The van der Waals surface area contributed by atoms with Gasteiger partial charge in [0.05, 0.1) is 10.6 Å². The molecule has 0 radical (unpaired) electrons. The van der Waals surface area contributed by atoms with Gasteiger partial charge in [-0.15, -0.1) is 10.2 Å². The van der Waals surface area contributed by atoms with Gasteiger partial charge < -0.3 is 4.57 Å². The molecular weight excluding hydrogens is 396 g/mol. The summed E-state index contributed by atoms with van der Waals surface area (Å²) in [6, 6.07) is 12.0. The Hall–Kier alpha value is -2.38. The Labute approximate surface area is 169 Å². The van der Waals surface area contributed by atoms with Crippen molar-refractivity contribution in [3.05, 3.63) is 58.9 Å². The Morgan fingerprint density at radius 3 is 2.71 bits per heavy atom. The van der Waals surface area contributed by atoms with Gasteiger partial charge in [-0.25, -0.2) is 8.42 Å². The van der Waals surface area contributed by atoms with Crippen molar-refractivity contribution in [3.8, 4) is 11.4 Å². The summed E-state index contributed by atoms with van der Waals surface area (Å²) in [5, 5.41) is 9.10. The zero-order valence-corrected chi connectivity index (χ0v) is 17.1. The fourth-order valence-corrected chi connectivity index (χ4v) is 4.75. The molecule has 0 spiro atoms. The third kappa shape index (κ3) is 3.64. The van der Waals surface area contributed by atoms with Crippen LogP contribution in [0.3, 0.4) is 0 Å². The predicted molar refractivity (Wildman–Crippen MR) is 110 cm³/mol. The van der Waals surface area contributed by atoms with Crippen LogP contribution in [-0.4, -0.2) is 23.2 Å². The topological polar surface area (TPSA) is 76.9 Å². The van der Waals surface area contributed by atoms with Gasteiger partial charge in [-0.05, 0) is 49.6 Å². The molecule has 0 atom stereocenters. The molecule has 4 rings (SSSR count). The van der Waals surface area contributed by atoms with Crippen LogP contribution in [0.1, 0.15) is 30.7 Å². The van der Waals surface area contributed by atoms with E-state index in [1.54, 1.807) is 24.3 Å². The first-order valence-corrected chi connectivity index (χ1v) is 11.1. The maximum Gasteiger partial charge on any atom is 0.261 e. The summed E-state index contributed by atoms with van der Waals surface area (Å²) in [7, 11) is -3.79. The second-order valence-electron chi connectivity index (χ2n) is 6.96. The van der Waals surface area contributed by atoms with E-state index in [0.717, 1.165) is 43.6 Å². The smallest absolute Gasteiger partial charge is 0.261 e. The molecular formula is C20H21ClN4O2S. The van der Waals surface area contributed by atoms with Crippen LogP contribution in [0.5, 0.6) is 0 Å². The van der Waals surface area contributed by atoms with Crippen LogP contribution in [0.2, 0.25) is 5.02 Å². The van der Waals surface area contributed by atoms with Crippen LogP contribution < -0.4 is 4.72 Å². The van der Waals surface area contributed by atoms with Crippen LogP contribution >= 0.6 is 11.6 Å². The summed E-state index contributed by atoms with van der Waals surface area (Å²) in [5.41, 5.74) is 2.01. The summed E-state index contributed by atoms with van der Waals surface area (Å²) in [6.45, 7) is 2.67. The summed E-state index contributed by atoms with van der Waals surface area (Å²) in [4.78, 5) is 0.123. The van der Waals surface area contributed by atoms with E-state index in [9.17, 15) is 8.42 Å². The average molecular weight is 417 g/mol. The Balaban J connectivity index is 1.73. The Morgan fingerprint density at radius 2 is 1.89 bits per heavy atom. The molecule has 8 heteroatoms. The summed E-state index contributed by atoms with van der Waals surface area (Å²) in [6.07, 6.45) is 4.21. The standard InChI is InChI=1S/C20H21ClN4O2S/c1-14-10-11-15(13-17(14)21)28(26,27)24-18-8-5-4-7-16(18)20-23-22-19-9-3-2-6-12-25(19)20/h4-5,7-8,10-11,13,24H,2-3,6,9,12H2,1H3. The van der Waals surface area contributed by atoms with Gasteiger partial charge in [-0.2, -0.15) is 0 Å². The minimum Gasteiger partial charge on any atom is -0.311 e. The van der Waals surface area contributed by atoms with Crippen molar-refractivity contribution in [1.82, 2.24) is 14.8 Å². The van der Waals surface area contributed by atoms with Gasteiger partial charge in [-0.1, -0.05) is 36.2 Å². The number of sulfonamides is 1. The van der Waals surface area contributed by atoms with E-state index in [2.05, 4.69) is 19.5 Å². The van der Waals surface area contributed by atoms with Gasteiger partial charge in [-0.3, -0.25) is 4.72 Å². The number of rotatable bonds is 4. The van der Waals surface area contributed by atoms with E-state index >= 15 is 0 Å². The average Bonchev–Trinajstić information content (AvgIpc) is 2.92. The number of hydrogen-bond acceptors (Lipinski definition) is 4. The fraction of sp³-hybridized carbons (Fsp3) is 0.300. The quantitative estimate of drug-likeness (QED) is 0.682. The third-order valence-electron chi connectivity index (χ3n) is 4.98. The molecule has 2 heterocycles. The van der Waals surface area contributed by atoms with Gasteiger partial charge >= 0.3 is 0 Å². The van der Waals surface area contributed by atoms with Crippen molar-refractivity contribution in [2.45, 2.75) is 44.0 Å². The highest BCUT2D eigenvalue weighted by Gasteiger charge is 2.21. The lowest BCUT2D eigenvalue weighted by Gasteiger charge is -2.14. The van der Waals surface area contributed by atoms with Crippen molar-refractivity contribution < 1.29 is 8.42 Å². The van der Waals surface area contributed by atoms with Crippen LogP contribution in [0.15, 0.2) is 47.4 Å². The van der Waals surface area contributed by atoms with Gasteiger partial charge in [0.25, 0.3) is 10.0 Å². The lowest BCUT2D eigenvalue weighted by molar-refractivity contribution is 0.601. The van der Waals surface area contributed by atoms with Crippen molar-refractivity contribution in [2.75, 3.05) is 4.72 Å². The number of aromatic nitrogens is 3. The molecule has 1 aromatic heterocycles. The number of nitrogens with one attached hydrogen (secondary N) is 1. The molecule has 0 bridgehead atoms. The lowest BCUT2D eigenvalue weighted by atomic mass is 10.1. The molecule has 1 aliphatic heterocycles. The first kappa shape index (κ1) is 19.0. The van der Waals surface area contributed by atoms with E-state index in [1.165, 1.54) is 6.07 Å². The second-order valence-corrected chi connectivity index (χ2v) is 9.05. The number of benzene rings is 2. The summed E-state index contributed by atoms with van der Waals surface area (Å²) >= 11 is 6.12. The molecule has 0 amide bonds. The van der Waals surface area contributed by atoms with E-state index in [4.69, 9.17) is 11.6 Å². The highest BCUT2D eigenvalue weighted by atomic mass is 35.5. The van der Waals surface area contributed by atoms with Crippen molar-refractivity contribution in [3.63, 3.8) is 0 Å². The van der Waals surface area contributed by atoms with Crippen molar-refractivity contribution in [1.29, 1.82) is 0 Å². The van der Waals surface area contributed by atoms with Crippen molar-refractivity contribution in [2.24, 2.45) is 0 Å². The van der Waals surface area contributed by atoms with Gasteiger partial charge in [0.15, 0.2) is 5.82 Å². The fourth-order valence-electron chi connectivity index (χ4n) is 3.40. The minimum absolute atomic E-state index is 0.123. The summed E-state index contributed by atoms with van der Waals surface area (Å²) in [5.74, 6) is 1.65. The molecule has 6 nitrogen and oxygen atoms in total. The molecule has 0 saturated heterocycles. The number of aryl methyl sites for hydroxylation is 2. The first-order chi connectivity index (χ1) is 13.5. The Bertz CT molecular complexity index is 1120. The zero-order chi connectivity index (χ0) is 19.7. The van der Waals surface area contributed by atoms with Gasteiger partial charge in [0.1, 0.15) is 5.82 Å². The SMILES string of the molecule is Cc1ccc(S(=O)(=O)Nc2ccccc2-c2nnc3n2CCCCC3)cc1Cl. The molecule has 2 aromatic carbocycles. The van der Waals surface area contributed by atoms with Crippen LogP contribution in [0.25, 0.3) is 11.4 Å². The third-order valence-corrected chi connectivity index (χ3v) is 6.75. The van der Waals surface area contributed by atoms with E-state index in [-0.39, 0.29) is 4.90 Å². The highest BCUT2D eigenvalue weighted by Crippen LogP contribution is 2.31. The number of fused-ring (bicyclic) bond motifs is 1. The normalized spacial score (nSPS) is 14.4. The maximum atomic E-state index is 12.9. The molecule has 0 fully saturated rings. The Morgan fingerprint density at radius 1 is 1.07 bits per heavy atom. The number of anilines is 1. The number of para-hydroxylation sites is 1. The number of halogens is 1. The largest absolute Gasteiger partial charge is 0.311 e. The van der Waals surface area contributed by atoms with Crippen molar-refractivity contribution >= 4 is 27.3 Å². The predicted octanol–water partition coefficient (Wildman–Crippen LogP) is 4.43. The van der Waals surface area contributed by atoms with Crippen LogP contribution in [-0.2, 0) is 23.0 Å². The molecule has 0 saturated carbocycles. The second kappa shape index (κ2) is 7.56. The maximum absolute atomic E-state index is 12.9. The lowest BCUT2D eigenvalue weighted by Crippen LogP contribution is -2.14. The minimum atomic E-state index is -3.79. The Kier molecular flexibility index (Phi) is 5.12. The molecule has 0 unspecified atom stereocenters. The summed E-state index contributed by atoms with van der Waals surface area (Å²) < 4.78 is 30.6. The zero-order valence-electron chi connectivity index (χ0n) is 15.5. The van der Waals surface area contributed by atoms with E-state index in [1.807, 2.05) is 19.1 Å². The molecule has 1 aliphatic rings. The monoisotopic (exact) mass is 416 g/mol. The number of nitrogens with zero attached hydrogens (tertiary/aromatic N) is 3. The highest BCUT2D eigenvalue weighted by molar-refractivity contribution is 7.92. The molecule has 3 aromatic rings. The van der Waals surface area contributed by atoms with Crippen LogP contribution in [0, 0.1) is 6.92 Å². The van der Waals surface area contributed by atoms with E-state index in [0.29, 0.717) is 22.1 Å². The molecule has 1 N–H and O–H groups in total. The first-order valence-electron chi connectivity index (χ1n) is 9.26. The molecule has 146 valence electrons. The molecule has 0 aliphatic carbocycles. The van der Waals surface area contributed by atoms with Gasteiger partial charge in [0, 0.05) is 23.6 Å².